The number of likely N-dealkylation sites (tertiary alicyclic amines) is 1. The fraction of sp³-hybridized carbons (Fsp3) is 0.353. The van der Waals surface area contributed by atoms with Gasteiger partial charge in [0.25, 0.3) is 5.91 Å². The molecule has 8 heteroatoms. The SMILES string of the molecule is NS(=O)(=O)c1ccc(CNC(=O)c2ccc(CN3CCCC3)o2)cc1. The maximum absolute atomic E-state index is 12.2. The van der Waals surface area contributed by atoms with Crippen molar-refractivity contribution in [3.63, 3.8) is 0 Å². The fourth-order valence-corrected chi connectivity index (χ4v) is 3.33. The highest BCUT2D eigenvalue weighted by Crippen LogP contribution is 2.15. The van der Waals surface area contributed by atoms with Crippen molar-refractivity contribution in [2.75, 3.05) is 13.1 Å². The van der Waals surface area contributed by atoms with Gasteiger partial charge in [-0.1, -0.05) is 12.1 Å². The number of furan rings is 1. The summed E-state index contributed by atoms with van der Waals surface area (Å²) in [7, 11) is -3.71. The first-order chi connectivity index (χ1) is 11.9. The minimum atomic E-state index is -3.71. The zero-order chi connectivity index (χ0) is 17.9. The number of nitrogens with two attached hydrogens (primary N) is 1. The van der Waals surface area contributed by atoms with Crippen LogP contribution in [-0.4, -0.2) is 32.3 Å². The van der Waals surface area contributed by atoms with Crippen LogP contribution in [0.25, 0.3) is 0 Å². The Hall–Kier alpha value is -2.16. The fourth-order valence-electron chi connectivity index (χ4n) is 2.81. The number of primary sulfonamides is 1. The van der Waals surface area contributed by atoms with Crippen LogP contribution in [0.5, 0.6) is 0 Å². The molecule has 7 nitrogen and oxygen atoms in total. The van der Waals surface area contributed by atoms with Crippen LogP contribution >= 0.6 is 0 Å². The number of amides is 1. The lowest BCUT2D eigenvalue weighted by Crippen LogP contribution is -2.22. The van der Waals surface area contributed by atoms with Gasteiger partial charge in [-0.2, -0.15) is 0 Å². The van der Waals surface area contributed by atoms with E-state index in [1.165, 1.54) is 25.0 Å². The number of nitrogens with one attached hydrogen (secondary N) is 1. The minimum Gasteiger partial charge on any atom is -0.455 e. The second-order valence-electron chi connectivity index (χ2n) is 6.12. The number of benzene rings is 1. The van der Waals surface area contributed by atoms with E-state index < -0.39 is 10.0 Å². The number of sulfonamides is 1. The lowest BCUT2D eigenvalue weighted by Gasteiger charge is -2.11. The molecule has 25 heavy (non-hydrogen) atoms. The number of nitrogens with zero attached hydrogens (tertiary/aromatic N) is 1. The first-order valence-corrected chi connectivity index (χ1v) is 9.67. The molecule has 0 radical (unpaired) electrons. The van der Waals surface area contributed by atoms with Crippen molar-refractivity contribution >= 4 is 15.9 Å². The van der Waals surface area contributed by atoms with Crippen LogP contribution in [-0.2, 0) is 23.1 Å². The summed E-state index contributed by atoms with van der Waals surface area (Å²) in [5, 5.41) is 7.81. The summed E-state index contributed by atoms with van der Waals surface area (Å²) in [4.78, 5) is 14.5. The van der Waals surface area contributed by atoms with Crippen molar-refractivity contribution in [1.82, 2.24) is 10.2 Å². The molecule has 134 valence electrons. The van der Waals surface area contributed by atoms with Crippen LogP contribution in [0.1, 0.15) is 34.7 Å². The molecular formula is C17H21N3O4S. The predicted octanol–water partition coefficient (Wildman–Crippen LogP) is 1.45. The van der Waals surface area contributed by atoms with E-state index in [2.05, 4.69) is 10.2 Å². The van der Waals surface area contributed by atoms with Crippen LogP contribution in [0.4, 0.5) is 0 Å². The van der Waals surface area contributed by atoms with Gasteiger partial charge < -0.3 is 9.73 Å². The maximum Gasteiger partial charge on any atom is 0.287 e. The predicted molar refractivity (Wildman–Crippen MR) is 92.2 cm³/mol. The number of carbonyl (C=O) groups excluding carboxylic acids is 1. The van der Waals surface area contributed by atoms with Crippen LogP contribution in [0.15, 0.2) is 45.7 Å². The molecule has 2 heterocycles. The van der Waals surface area contributed by atoms with Crippen molar-refractivity contribution in [2.45, 2.75) is 30.8 Å². The Morgan fingerprint density at radius 2 is 1.80 bits per heavy atom. The van der Waals surface area contributed by atoms with Gasteiger partial charge in [0, 0.05) is 6.54 Å². The molecule has 1 fully saturated rings. The summed E-state index contributed by atoms with van der Waals surface area (Å²) in [5.74, 6) is 0.753. The van der Waals surface area contributed by atoms with E-state index in [4.69, 9.17) is 9.56 Å². The second kappa shape index (κ2) is 7.38. The average molecular weight is 363 g/mol. The van der Waals surface area contributed by atoms with Crippen molar-refractivity contribution in [2.24, 2.45) is 5.14 Å². The van der Waals surface area contributed by atoms with Gasteiger partial charge >= 0.3 is 0 Å². The van der Waals surface area contributed by atoms with E-state index in [1.807, 2.05) is 6.07 Å². The Kier molecular flexibility index (Phi) is 5.22. The molecule has 2 aromatic rings. The Balaban J connectivity index is 1.54. The van der Waals surface area contributed by atoms with E-state index in [0.29, 0.717) is 0 Å². The molecule has 0 saturated carbocycles. The Morgan fingerprint density at radius 3 is 2.44 bits per heavy atom. The van der Waals surface area contributed by atoms with Gasteiger partial charge in [-0.3, -0.25) is 9.69 Å². The van der Waals surface area contributed by atoms with Gasteiger partial charge in [0.2, 0.25) is 10.0 Å². The molecule has 0 bridgehead atoms. The first kappa shape index (κ1) is 17.7. The van der Waals surface area contributed by atoms with Gasteiger partial charge in [0.1, 0.15) is 5.76 Å². The normalized spacial score (nSPS) is 15.4. The lowest BCUT2D eigenvalue weighted by atomic mass is 10.2. The number of hydrogen-bond acceptors (Lipinski definition) is 5. The smallest absolute Gasteiger partial charge is 0.287 e. The van der Waals surface area contributed by atoms with E-state index in [-0.39, 0.29) is 23.1 Å². The van der Waals surface area contributed by atoms with Gasteiger partial charge in [-0.15, -0.1) is 0 Å². The Labute approximate surface area is 146 Å². The molecule has 3 N–H and O–H groups in total. The van der Waals surface area contributed by atoms with Gasteiger partial charge in [0.15, 0.2) is 5.76 Å². The molecule has 3 rings (SSSR count). The second-order valence-corrected chi connectivity index (χ2v) is 7.68. The van der Waals surface area contributed by atoms with Crippen molar-refractivity contribution < 1.29 is 17.6 Å². The molecular weight excluding hydrogens is 342 g/mol. The maximum atomic E-state index is 12.2. The van der Waals surface area contributed by atoms with Crippen LogP contribution in [0, 0.1) is 0 Å². The zero-order valence-corrected chi connectivity index (χ0v) is 14.6. The first-order valence-electron chi connectivity index (χ1n) is 8.13. The number of rotatable bonds is 6. The van der Waals surface area contributed by atoms with Gasteiger partial charge in [-0.25, -0.2) is 13.6 Å². The molecule has 1 saturated heterocycles. The molecule has 1 aliphatic rings. The summed E-state index contributed by atoms with van der Waals surface area (Å²) in [6, 6.07) is 9.55. The standard InChI is InChI=1S/C17H21N3O4S/c18-25(22,23)15-6-3-13(4-7-15)11-19-17(21)16-8-5-14(24-16)12-20-9-1-2-10-20/h3-8H,1-2,9-12H2,(H,19,21)(H2,18,22,23). The van der Waals surface area contributed by atoms with Gasteiger partial charge in [-0.05, 0) is 55.8 Å². The van der Waals surface area contributed by atoms with Crippen LogP contribution in [0.2, 0.25) is 0 Å². The van der Waals surface area contributed by atoms with E-state index >= 15 is 0 Å². The summed E-state index contributed by atoms with van der Waals surface area (Å²) in [6.07, 6.45) is 2.41. The monoisotopic (exact) mass is 363 g/mol. The molecule has 1 aliphatic heterocycles. The Bertz CT molecular complexity index is 837. The molecule has 0 atom stereocenters. The quantitative estimate of drug-likeness (QED) is 0.808. The van der Waals surface area contributed by atoms with E-state index in [9.17, 15) is 13.2 Å². The summed E-state index contributed by atoms with van der Waals surface area (Å²) < 4.78 is 28.0. The average Bonchev–Trinajstić information content (AvgIpc) is 3.24. The highest BCUT2D eigenvalue weighted by Gasteiger charge is 2.16. The van der Waals surface area contributed by atoms with Crippen LogP contribution < -0.4 is 10.5 Å². The molecule has 1 aromatic heterocycles. The van der Waals surface area contributed by atoms with Crippen LogP contribution in [0.3, 0.4) is 0 Å². The minimum absolute atomic E-state index is 0.0418. The summed E-state index contributed by atoms with van der Waals surface area (Å²) in [6.45, 7) is 3.13. The van der Waals surface area contributed by atoms with Crippen molar-refractivity contribution in [3.05, 3.63) is 53.5 Å². The highest BCUT2D eigenvalue weighted by molar-refractivity contribution is 7.89. The lowest BCUT2D eigenvalue weighted by molar-refractivity contribution is 0.0919. The molecule has 0 spiro atoms. The van der Waals surface area contributed by atoms with Crippen molar-refractivity contribution in [3.8, 4) is 0 Å². The topological polar surface area (TPSA) is 106 Å². The Morgan fingerprint density at radius 1 is 1.12 bits per heavy atom. The molecule has 0 aliphatic carbocycles. The molecule has 0 unspecified atom stereocenters. The zero-order valence-electron chi connectivity index (χ0n) is 13.8. The summed E-state index contributed by atoms with van der Waals surface area (Å²) >= 11 is 0. The number of hydrogen-bond donors (Lipinski definition) is 2. The van der Waals surface area contributed by atoms with E-state index in [1.54, 1.807) is 18.2 Å². The third-order valence-electron chi connectivity index (χ3n) is 4.17. The highest BCUT2D eigenvalue weighted by atomic mass is 32.2. The van der Waals surface area contributed by atoms with Gasteiger partial charge in [0.05, 0.1) is 11.4 Å². The summed E-state index contributed by atoms with van der Waals surface area (Å²) in [5.41, 5.74) is 0.768. The molecule has 1 amide bonds. The third kappa shape index (κ3) is 4.68. The van der Waals surface area contributed by atoms with E-state index in [0.717, 1.165) is 31.0 Å². The molecule has 1 aromatic carbocycles. The van der Waals surface area contributed by atoms with Crippen molar-refractivity contribution in [1.29, 1.82) is 0 Å². The number of carbonyl (C=O) groups is 1. The largest absolute Gasteiger partial charge is 0.455 e. The third-order valence-corrected chi connectivity index (χ3v) is 5.10.